The summed E-state index contributed by atoms with van der Waals surface area (Å²) < 4.78 is 5.75. The molecular formula is C16H26N4O2. The van der Waals surface area contributed by atoms with Crippen molar-refractivity contribution in [3.8, 4) is 5.88 Å². The molecule has 2 heterocycles. The predicted octanol–water partition coefficient (Wildman–Crippen LogP) is 2.00. The minimum absolute atomic E-state index is 0.00623. The molecular weight excluding hydrogens is 280 g/mol. The molecule has 0 aromatic carbocycles. The van der Waals surface area contributed by atoms with E-state index in [4.69, 9.17) is 4.74 Å². The maximum atomic E-state index is 11.9. The fourth-order valence-corrected chi connectivity index (χ4v) is 2.50. The van der Waals surface area contributed by atoms with Crippen molar-refractivity contribution in [2.75, 3.05) is 18.0 Å². The van der Waals surface area contributed by atoms with Gasteiger partial charge in [-0.3, -0.25) is 4.79 Å². The van der Waals surface area contributed by atoms with Crippen molar-refractivity contribution in [2.45, 2.75) is 52.7 Å². The lowest BCUT2D eigenvalue weighted by Crippen LogP contribution is -2.49. The zero-order valence-corrected chi connectivity index (χ0v) is 13.9. The van der Waals surface area contributed by atoms with Gasteiger partial charge < -0.3 is 15.0 Å². The van der Waals surface area contributed by atoms with E-state index in [0.29, 0.717) is 5.88 Å². The Balaban J connectivity index is 2.07. The monoisotopic (exact) mass is 306 g/mol. The van der Waals surface area contributed by atoms with E-state index in [0.717, 1.165) is 31.7 Å². The van der Waals surface area contributed by atoms with Crippen molar-refractivity contribution in [2.24, 2.45) is 5.92 Å². The Morgan fingerprint density at radius 2 is 2.05 bits per heavy atom. The number of amides is 1. The van der Waals surface area contributed by atoms with E-state index in [1.807, 2.05) is 27.7 Å². The molecule has 6 nitrogen and oxygen atoms in total. The van der Waals surface area contributed by atoms with Crippen molar-refractivity contribution in [1.29, 1.82) is 0 Å². The van der Waals surface area contributed by atoms with Gasteiger partial charge in [0, 0.05) is 37.4 Å². The summed E-state index contributed by atoms with van der Waals surface area (Å²) >= 11 is 0. The molecule has 0 spiro atoms. The molecule has 1 aliphatic rings. The van der Waals surface area contributed by atoms with Crippen LogP contribution in [-0.2, 0) is 4.79 Å². The Kier molecular flexibility index (Phi) is 5.57. The van der Waals surface area contributed by atoms with Gasteiger partial charge in [0.1, 0.15) is 0 Å². The summed E-state index contributed by atoms with van der Waals surface area (Å²) in [7, 11) is 0. The van der Waals surface area contributed by atoms with Gasteiger partial charge in [-0.1, -0.05) is 13.8 Å². The number of carbonyl (C=O) groups is 1. The largest absolute Gasteiger partial charge is 0.472 e. The highest BCUT2D eigenvalue weighted by atomic mass is 16.5. The molecule has 22 heavy (non-hydrogen) atoms. The van der Waals surface area contributed by atoms with E-state index in [-0.39, 0.29) is 24.0 Å². The van der Waals surface area contributed by atoms with E-state index in [2.05, 4.69) is 20.2 Å². The summed E-state index contributed by atoms with van der Waals surface area (Å²) in [5.74, 6) is 1.43. The first kappa shape index (κ1) is 16.5. The van der Waals surface area contributed by atoms with Crippen molar-refractivity contribution in [1.82, 2.24) is 15.3 Å². The van der Waals surface area contributed by atoms with E-state index >= 15 is 0 Å². The van der Waals surface area contributed by atoms with Gasteiger partial charge in [-0.25, -0.2) is 9.97 Å². The fourth-order valence-electron chi connectivity index (χ4n) is 2.50. The predicted molar refractivity (Wildman–Crippen MR) is 86.0 cm³/mol. The van der Waals surface area contributed by atoms with Gasteiger partial charge >= 0.3 is 0 Å². The molecule has 1 N–H and O–H groups in total. The molecule has 122 valence electrons. The number of aromatic nitrogens is 2. The lowest BCUT2D eigenvalue weighted by atomic mass is 10.0. The van der Waals surface area contributed by atoms with E-state index in [9.17, 15) is 4.79 Å². The molecule has 0 bridgehead atoms. The molecule has 1 aliphatic heterocycles. The smallest absolute Gasteiger partial charge is 0.257 e. The van der Waals surface area contributed by atoms with Crippen LogP contribution >= 0.6 is 0 Å². The van der Waals surface area contributed by atoms with Crippen LogP contribution in [-0.4, -0.2) is 41.1 Å². The average Bonchev–Trinajstić information content (AvgIpc) is 2.47. The lowest BCUT2D eigenvalue weighted by Gasteiger charge is -2.34. The Morgan fingerprint density at radius 3 is 2.73 bits per heavy atom. The first-order valence-corrected chi connectivity index (χ1v) is 8.00. The van der Waals surface area contributed by atoms with Crippen LogP contribution in [0.5, 0.6) is 5.88 Å². The number of ether oxygens (including phenoxy) is 1. The second kappa shape index (κ2) is 7.42. The van der Waals surface area contributed by atoms with Crippen LogP contribution in [0.3, 0.4) is 0 Å². The first-order valence-electron chi connectivity index (χ1n) is 8.00. The van der Waals surface area contributed by atoms with Gasteiger partial charge in [0.25, 0.3) is 5.88 Å². The SMILES string of the molecule is CC(C)Oc1nccnc1N1CCC[C@@H](NC(=O)C(C)C)C1. The molecule has 2 rings (SSSR count). The van der Waals surface area contributed by atoms with Gasteiger partial charge in [-0.15, -0.1) is 0 Å². The summed E-state index contributed by atoms with van der Waals surface area (Å²) in [6.07, 6.45) is 5.38. The lowest BCUT2D eigenvalue weighted by molar-refractivity contribution is -0.124. The summed E-state index contributed by atoms with van der Waals surface area (Å²) in [6, 6.07) is 0.151. The second-order valence-corrected chi connectivity index (χ2v) is 6.30. The molecule has 1 saturated heterocycles. The van der Waals surface area contributed by atoms with Gasteiger partial charge in [0.2, 0.25) is 5.91 Å². The maximum Gasteiger partial charge on any atom is 0.257 e. The highest BCUT2D eigenvalue weighted by Crippen LogP contribution is 2.26. The van der Waals surface area contributed by atoms with Crippen LogP contribution in [0.1, 0.15) is 40.5 Å². The molecule has 0 aliphatic carbocycles. The number of piperidine rings is 1. The molecule has 1 aromatic rings. The van der Waals surface area contributed by atoms with Crippen LogP contribution in [0.4, 0.5) is 5.82 Å². The third-order valence-electron chi connectivity index (χ3n) is 3.59. The average molecular weight is 306 g/mol. The van der Waals surface area contributed by atoms with Crippen LogP contribution in [0, 0.1) is 5.92 Å². The van der Waals surface area contributed by atoms with Gasteiger partial charge in [-0.05, 0) is 26.7 Å². The second-order valence-electron chi connectivity index (χ2n) is 6.30. The van der Waals surface area contributed by atoms with Crippen molar-refractivity contribution >= 4 is 11.7 Å². The van der Waals surface area contributed by atoms with Gasteiger partial charge in [-0.2, -0.15) is 0 Å². The summed E-state index contributed by atoms with van der Waals surface area (Å²) in [5.41, 5.74) is 0. The van der Waals surface area contributed by atoms with Gasteiger partial charge in [0.05, 0.1) is 6.10 Å². The summed E-state index contributed by atoms with van der Waals surface area (Å²) in [5, 5.41) is 3.11. The number of hydrogen-bond acceptors (Lipinski definition) is 5. The summed E-state index contributed by atoms with van der Waals surface area (Å²) in [4.78, 5) is 22.8. The molecule has 0 saturated carbocycles. The number of anilines is 1. The maximum absolute atomic E-state index is 11.9. The summed E-state index contributed by atoms with van der Waals surface area (Å²) in [6.45, 7) is 9.41. The van der Waals surface area contributed by atoms with E-state index in [1.54, 1.807) is 12.4 Å². The molecule has 1 fully saturated rings. The molecule has 6 heteroatoms. The third-order valence-corrected chi connectivity index (χ3v) is 3.59. The number of nitrogens with one attached hydrogen (secondary N) is 1. The molecule has 0 radical (unpaired) electrons. The fraction of sp³-hybridized carbons (Fsp3) is 0.688. The Bertz CT molecular complexity index is 505. The Labute approximate surface area is 132 Å². The van der Waals surface area contributed by atoms with Crippen LogP contribution < -0.4 is 15.0 Å². The topological polar surface area (TPSA) is 67.4 Å². The number of nitrogens with zero attached hydrogens (tertiary/aromatic N) is 3. The van der Waals surface area contributed by atoms with Crippen molar-refractivity contribution in [3.63, 3.8) is 0 Å². The zero-order valence-electron chi connectivity index (χ0n) is 13.9. The number of carbonyl (C=O) groups excluding carboxylic acids is 1. The van der Waals surface area contributed by atoms with Crippen LogP contribution in [0.2, 0.25) is 0 Å². The minimum Gasteiger partial charge on any atom is -0.472 e. The Hall–Kier alpha value is -1.85. The zero-order chi connectivity index (χ0) is 16.1. The van der Waals surface area contributed by atoms with Crippen LogP contribution in [0.25, 0.3) is 0 Å². The normalized spacial score (nSPS) is 18.6. The molecule has 1 amide bonds. The number of rotatable bonds is 5. The van der Waals surface area contributed by atoms with Crippen molar-refractivity contribution < 1.29 is 9.53 Å². The highest BCUT2D eigenvalue weighted by Gasteiger charge is 2.25. The minimum atomic E-state index is 0.00623. The first-order chi connectivity index (χ1) is 10.5. The quantitative estimate of drug-likeness (QED) is 0.901. The molecule has 0 unspecified atom stereocenters. The van der Waals surface area contributed by atoms with Crippen LogP contribution in [0.15, 0.2) is 12.4 Å². The molecule has 1 aromatic heterocycles. The highest BCUT2D eigenvalue weighted by molar-refractivity contribution is 5.78. The van der Waals surface area contributed by atoms with Gasteiger partial charge in [0.15, 0.2) is 5.82 Å². The van der Waals surface area contributed by atoms with E-state index < -0.39 is 0 Å². The standard InChI is InChI=1S/C16H26N4O2/c1-11(2)15(21)19-13-6-5-9-20(10-13)14-16(22-12(3)4)18-8-7-17-14/h7-8,11-13H,5-6,9-10H2,1-4H3,(H,19,21)/t13-/m1/s1. The number of hydrogen-bond donors (Lipinski definition) is 1. The Morgan fingerprint density at radius 1 is 1.32 bits per heavy atom. The van der Waals surface area contributed by atoms with E-state index in [1.165, 1.54) is 0 Å². The molecule has 1 atom stereocenters. The third kappa shape index (κ3) is 4.32. The van der Waals surface area contributed by atoms with Crippen molar-refractivity contribution in [3.05, 3.63) is 12.4 Å².